The minimum absolute atomic E-state index is 0.199. The first kappa shape index (κ1) is 16.8. The standard InChI is InChI=1S/C17H14F3N3O2/c1-23-14-5-3-2-4-13(14)22-15(23)10-21-16(24)11-6-8-12(9-7-11)25-17(18,19)20/h2-9H,10H2,1H3,(H,21,24). The molecule has 0 saturated carbocycles. The molecular weight excluding hydrogens is 335 g/mol. The molecule has 0 aliphatic heterocycles. The SMILES string of the molecule is Cn1c(CNC(=O)c2ccc(OC(F)(F)F)cc2)nc2ccccc21. The second-order valence-electron chi connectivity index (χ2n) is 5.33. The number of hydrogen-bond acceptors (Lipinski definition) is 3. The Bertz CT molecular complexity index is 902. The number of aryl methyl sites for hydroxylation is 1. The lowest BCUT2D eigenvalue weighted by Crippen LogP contribution is -2.24. The van der Waals surface area contributed by atoms with Crippen LogP contribution in [0.3, 0.4) is 0 Å². The molecule has 0 unspecified atom stereocenters. The van der Waals surface area contributed by atoms with E-state index in [1.807, 2.05) is 35.9 Å². The molecule has 1 N–H and O–H groups in total. The van der Waals surface area contributed by atoms with E-state index in [0.29, 0.717) is 5.82 Å². The molecule has 0 bridgehead atoms. The van der Waals surface area contributed by atoms with Crippen molar-refractivity contribution in [2.45, 2.75) is 12.9 Å². The summed E-state index contributed by atoms with van der Waals surface area (Å²) in [6, 6.07) is 12.3. The summed E-state index contributed by atoms with van der Waals surface area (Å²) in [5, 5.41) is 2.70. The number of hydrogen-bond donors (Lipinski definition) is 1. The van der Waals surface area contributed by atoms with Crippen LogP contribution in [0.25, 0.3) is 11.0 Å². The molecule has 0 fully saturated rings. The van der Waals surface area contributed by atoms with Gasteiger partial charge in [-0.1, -0.05) is 12.1 Å². The number of carbonyl (C=O) groups is 1. The summed E-state index contributed by atoms with van der Waals surface area (Å²) >= 11 is 0. The molecule has 1 aromatic heterocycles. The maximum absolute atomic E-state index is 12.1. The summed E-state index contributed by atoms with van der Waals surface area (Å²) in [7, 11) is 1.85. The number of alkyl halides is 3. The molecule has 3 rings (SSSR count). The molecule has 0 saturated heterocycles. The highest BCUT2D eigenvalue weighted by molar-refractivity contribution is 5.94. The van der Waals surface area contributed by atoms with E-state index in [-0.39, 0.29) is 17.9 Å². The van der Waals surface area contributed by atoms with Crippen LogP contribution >= 0.6 is 0 Å². The number of carbonyl (C=O) groups excluding carboxylic acids is 1. The van der Waals surface area contributed by atoms with Crippen LogP contribution in [-0.2, 0) is 13.6 Å². The van der Waals surface area contributed by atoms with Crippen molar-refractivity contribution in [2.75, 3.05) is 0 Å². The molecule has 1 heterocycles. The number of fused-ring (bicyclic) bond motifs is 1. The lowest BCUT2D eigenvalue weighted by molar-refractivity contribution is -0.274. The number of nitrogens with zero attached hydrogens (tertiary/aromatic N) is 2. The molecule has 0 spiro atoms. The van der Waals surface area contributed by atoms with Crippen molar-refractivity contribution in [1.29, 1.82) is 0 Å². The third kappa shape index (κ3) is 3.90. The Hall–Kier alpha value is -3.03. The fourth-order valence-corrected chi connectivity index (χ4v) is 2.42. The third-order valence-corrected chi connectivity index (χ3v) is 3.64. The maximum atomic E-state index is 12.1. The zero-order chi connectivity index (χ0) is 18.0. The second kappa shape index (κ2) is 6.46. The van der Waals surface area contributed by atoms with Gasteiger partial charge in [0.1, 0.15) is 11.6 Å². The summed E-state index contributed by atoms with van der Waals surface area (Å²) < 4.78 is 42.0. The Morgan fingerprint density at radius 2 is 1.84 bits per heavy atom. The molecule has 5 nitrogen and oxygen atoms in total. The van der Waals surface area contributed by atoms with E-state index >= 15 is 0 Å². The quantitative estimate of drug-likeness (QED) is 0.785. The summed E-state index contributed by atoms with van der Waals surface area (Å²) in [6.07, 6.45) is -4.76. The Kier molecular flexibility index (Phi) is 4.35. The Labute approximate surface area is 141 Å². The molecule has 2 aromatic carbocycles. The first-order chi connectivity index (χ1) is 11.8. The number of para-hydroxylation sites is 2. The highest BCUT2D eigenvalue weighted by Gasteiger charge is 2.31. The van der Waals surface area contributed by atoms with E-state index in [1.165, 1.54) is 12.1 Å². The van der Waals surface area contributed by atoms with E-state index < -0.39 is 12.3 Å². The number of rotatable bonds is 4. The van der Waals surface area contributed by atoms with Crippen LogP contribution in [0.15, 0.2) is 48.5 Å². The Balaban J connectivity index is 1.66. The average molecular weight is 349 g/mol. The van der Waals surface area contributed by atoms with Gasteiger partial charge in [-0.05, 0) is 36.4 Å². The van der Waals surface area contributed by atoms with Crippen LogP contribution < -0.4 is 10.1 Å². The van der Waals surface area contributed by atoms with Crippen LogP contribution in [0.5, 0.6) is 5.75 Å². The summed E-state index contributed by atoms with van der Waals surface area (Å²) in [5.41, 5.74) is 2.00. The summed E-state index contributed by atoms with van der Waals surface area (Å²) in [5.74, 6) is -0.114. The number of benzene rings is 2. The van der Waals surface area contributed by atoms with E-state index in [1.54, 1.807) is 0 Å². The van der Waals surface area contributed by atoms with E-state index in [0.717, 1.165) is 23.2 Å². The minimum atomic E-state index is -4.76. The number of imidazole rings is 1. The van der Waals surface area contributed by atoms with E-state index in [2.05, 4.69) is 15.0 Å². The van der Waals surface area contributed by atoms with Gasteiger partial charge in [0.2, 0.25) is 0 Å². The number of nitrogens with one attached hydrogen (secondary N) is 1. The van der Waals surface area contributed by atoms with Crippen molar-refractivity contribution in [3.63, 3.8) is 0 Å². The minimum Gasteiger partial charge on any atom is -0.406 e. The normalized spacial score (nSPS) is 11.5. The topological polar surface area (TPSA) is 56.2 Å². The van der Waals surface area contributed by atoms with Gasteiger partial charge in [-0.25, -0.2) is 4.98 Å². The largest absolute Gasteiger partial charge is 0.573 e. The van der Waals surface area contributed by atoms with Gasteiger partial charge in [0.25, 0.3) is 5.91 Å². The monoisotopic (exact) mass is 349 g/mol. The van der Waals surface area contributed by atoms with Gasteiger partial charge in [0, 0.05) is 12.6 Å². The molecule has 3 aromatic rings. The average Bonchev–Trinajstić information content (AvgIpc) is 2.88. The number of aromatic nitrogens is 2. The van der Waals surface area contributed by atoms with Crippen LogP contribution in [0.4, 0.5) is 13.2 Å². The summed E-state index contributed by atoms with van der Waals surface area (Å²) in [6.45, 7) is 0.199. The van der Waals surface area contributed by atoms with Gasteiger partial charge in [-0.3, -0.25) is 4.79 Å². The molecule has 0 atom stereocenters. The molecular formula is C17H14F3N3O2. The van der Waals surface area contributed by atoms with E-state index in [4.69, 9.17) is 0 Å². The molecule has 25 heavy (non-hydrogen) atoms. The molecule has 130 valence electrons. The number of halogens is 3. The van der Waals surface area contributed by atoms with E-state index in [9.17, 15) is 18.0 Å². The first-order valence-electron chi connectivity index (χ1n) is 7.38. The van der Waals surface area contributed by atoms with Gasteiger partial charge in [0.05, 0.1) is 17.6 Å². The zero-order valence-electron chi connectivity index (χ0n) is 13.2. The van der Waals surface area contributed by atoms with Crippen molar-refractivity contribution in [3.05, 3.63) is 59.9 Å². The predicted molar refractivity (Wildman–Crippen MR) is 85.0 cm³/mol. The number of amides is 1. The fourth-order valence-electron chi connectivity index (χ4n) is 2.42. The number of ether oxygens (including phenoxy) is 1. The lowest BCUT2D eigenvalue weighted by Gasteiger charge is -2.09. The highest BCUT2D eigenvalue weighted by Crippen LogP contribution is 2.22. The van der Waals surface area contributed by atoms with Crippen molar-refractivity contribution < 1.29 is 22.7 Å². The summed E-state index contributed by atoms with van der Waals surface area (Å²) in [4.78, 5) is 16.6. The molecule has 0 radical (unpaired) electrons. The van der Waals surface area contributed by atoms with Crippen molar-refractivity contribution >= 4 is 16.9 Å². The molecule has 1 amide bonds. The highest BCUT2D eigenvalue weighted by atomic mass is 19.4. The maximum Gasteiger partial charge on any atom is 0.573 e. The van der Waals surface area contributed by atoms with Gasteiger partial charge in [0.15, 0.2) is 0 Å². The Morgan fingerprint density at radius 1 is 1.16 bits per heavy atom. The molecule has 8 heteroatoms. The van der Waals surface area contributed by atoms with Gasteiger partial charge < -0.3 is 14.6 Å². The third-order valence-electron chi connectivity index (χ3n) is 3.64. The van der Waals surface area contributed by atoms with Crippen molar-refractivity contribution in [3.8, 4) is 5.75 Å². The van der Waals surface area contributed by atoms with Crippen LogP contribution in [0, 0.1) is 0 Å². The van der Waals surface area contributed by atoms with Gasteiger partial charge >= 0.3 is 6.36 Å². The molecule has 0 aliphatic carbocycles. The van der Waals surface area contributed by atoms with Crippen LogP contribution in [0.1, 0.15) is 16.2 Å². The second-order valence-corrected chi connectivity index (χ2v) is 5.33. The first-order valence-corrected chi connectivity index (χ1v) is 7.38. The zero-order valence-corrected chi connectivity index (χ0v) is 13.2. The Morgan fingerprint density at radius 3 is 2.48 bits per heavy atom. The van der Waals surface area contributed by atoms with Gasteiger partial charge in [-0.2, -0.15) is 0 Å². The smallest absolute Gasteiger partial charge is 0.406 e. The van der Waals surface area contributed by atoms with Crippen molar-refractivity contribution in [1.82, 2.24) is 14.9 Å². The predicted octanol–water partition coefficient (Wildman–Crippen LogP) is 3.40. The fraction of sp³-hybridized carbons (Fsp3) is 0.176. The van der Waals surface area contributed by atoms with Gasteiger partial charge in [-0.15, -0.1) is 13.2 Å². The van der Waals surface area contributed by atoms with Crippen LogP contribution in [-0.4, -0.2) is 21.8 Å². The lowest BCUT2D eigenvalue weighted by atomic mass is 10.2. The van der Waals surface area contributed by atoms with Crippen molar-refractivity contribution in [2.24, 2.45) is 7.05 Å². The molecule has 0 aliphatic rings. The van der Waals surface area contributed by atoms with Crippen LogP contribution in [0.2, 0.25) is 0 Å².